The number of ether oxygens (including phenoxy) is 2. The van der Waals surface area contributed by atoms with Gasteiger partial charge in [-0.3, -0.25) is 0 Å². The van der Waals surface area contributed by atoms with Crippen LogP contribution in [0.1, 0.15) is 5.56 Å². The van der Waals surface area contributed by atoms with Crippen molar-refractivity contribution < 1.29 is 9.47 Å². The number of hydrogen-bond acceptors (Lipinski definition) is 4. The van der Waals surface area contributed by atoms with Crippen LogP contribution in [0, 0.1) is 0 Å². The van der Waals surface area contributed by atoms with Gasteiger partial charge in [0.05, 0.1) is 20.3 Å². The smallest absolute Gasteiger partial charge is 0.119 e. The van der Waals surface area contributed by atoms with Crippen LogP contribution >= 0.6 is 0 Å². The minimum Gasteiger partial charge on any atom is -0.497 e. The van der Waals surface area contributed by atoms with Gasteiger partial charge in [-0.15, -0.1) is 0 Å². The third-order valence-electron chi connectivity index (χ3n) is 3.11. The first kappa shape index (κ1) is 13.3. The molecule has 1 unspecified atom stereocenters. The Bertz CT molecular complexity index is 351. The van der Waals surface area contributed by atoms with Crippen LogP contribution in [0.25, 0.3) is 0 Å². The highest BCUT2D eigenvalue weighted by Gasteiger charge is 2.11. The van der Waals surface area contributed by atoms with Gasteiger partial charge in [-0.25, -0.2) is 0 Å². The second-order valence-electron chi connectivity index (χ2n) is 4.53. The molecule has 1 aromatic carbocycles. The van der Waals surface area contributed by atoms with Crippen molar-refractivity contribution in [3.8, 4) is 5.75 Å². The van der Waals surface area contributed by atoms with E-state index in [1.54, 1.807) is 7.11 Å². The van der Waals surface area contributed by atoms with Gasteiger partial charge in [-0.05, 0) is 30.7 Å². The van der Waals surface area contributed by atoms with Crippen LogP contribution in [-0.4, -0.2) is 46.0 Å². The van der Waals surface area contributed by atoms with E-state index in [1.165, 1.54) is 5.56 Å². The van der Waals surface area contributed by atoms with Crippen molar-refractivity contribution in [3.05, 3.63) is 29.8 Å². The van der Waals surface area contributed by atoms with Crippen molar-refractivity contribution >= 4 is 0 Å². The van der Waals surface area contributed by atoms with Crippen molar-refractivity contribution in [1.29, 1.82) is 0 Å². The maximum atomic E-state index is 5.41. The zero-order valence-electron chi connectivity index (χ0n) is 10.9. The number of benzene rings is 1. The molecule has 1 saturated heterocycles. The lowest BCUT2D eigenvalue weighted by Crippen LogP contribution is -2.47. The fourth-order valence-corrected chi connectivity index (χ4v) is 2.09. The molecule has 18 heavy (non-hydrogen) atoms. The van der Waals surface area contributed by atoms with Crippen molar-refractivity contribution in [3.63, 3.8) is 0 Å². The standard InChI is InChI=1S/C14H22N2O2/c1-17-14-4-2-3-12(9-14)5-6-15-10-13-11-18-8-7-16-13/h2-4,9,13,15-16H,5-8,10-11H2,1H3. The normalized spacial score (nSPS) is 19.7. The zero-order valence-corrected chi connectivity index (χ0v) is 10.9. The summed E-state index contributed by atoms with van der Waals surface area (Å²) in [4.78, 5) is 0. The number of methoxy groups -OCH3 is 1. The molecule has 1 atom stereocenters. The summed E-state index contributed by atoms with van der Waals surface area (Å²) >= 11 is 0. The Hall–Kier alpha value is -1.10. The van der Waals surface area contributed by atoms with E-state index in [2.05, 4.69) is 22.8 Å². The van der Waals surface area contributed by atoms with E-state index in [0.29, 0.717) is 6.04 Å². The third kappa shape index (κ3) is 4.29. The first-order valence-corrected chi connectivity index (χ1v) is 6.53. The molecule has 0 aliphatic carbocycles. The highest BCUT2D eigenvalue weighted by atomic mass is 16.5. The summed E-state index contributed by atoms with van der Waals surface area (Å²) in [6, 6.07) is 8.67. The van der Waals surface area contributed by atoms with Gasteiger partial charge >= 0.3 is 0 Å². The molecule has 2 rings (SSSR count). The molecule has 100 valence electrons. The molecule has 4 nitrogen and oxygen atoms in total. The average molecular weight is 250 g/mol. The van der Waals surface area contributed by atoms with Crippen LogP contribution < -0.4 is 15.4 Å². The third-order valence-corrected chi connectivity index (χ3v) is 3.11. The molecule has 1 fully saturated rings. The summed E-state index contributed by atoms with van der Waals surface area (Å²) < 4.78 is 10.6. The number of rotatable bonds is 6. The molecule has 0 aromatic heterocycles. The van der Waals surface area contributed by atoms with E-state index in [9.17, 15) is 0 Å². The molecule has 1 aliphatic heterocycles. The molecule has 1 heterocycles. The largest absolute Gasteiger partial charge is 0.497 e. The van der Waals surface area contributed by atoms with Gasteiger partial charge in [0.15, 0.2) is 0 Å². The Morgan fingerprint density at radius 1 is 1.50 bits per heavy atom. The Balaban J connectivity index is 1.65. The van der Waals surface area contributed by atoms with Gasteiger partial charge in [0, 0.05) is 19.1 Å². The van der Waals surface area contributed by atoms with Crippen LogP contribution in [0.5, 0.6) is 5.75 Å². The van der Waals surface area contributed by atoms with Crippen molar-refractivity contribution in [2.24, 2.45) is 0 Å². The molecule has 1 aromatic rings. The molecule has 0 bridgehead atoms. The zero-order chi connectivity index (χ0) is 12.6. The molecule has 1 aliphatic rings. The quantitative estimate of drug-likeness (QED) is 0.734. The fourth-order valence-electron chi connectivity index (χ4n) is 2.09. The van der Waals surface area contributed by atoms with E-state index < -0.39 is 0 Å². The maximum absolute atomic E-state index is 5.41. The molecule has 0 radical (unpaired) electrons. The lowest BCUT2D eigenvalue weighted by molar-refractivity contribution is 0.0768. The predicted octanol–water partition coefficient (Wildman–Crippen LogP) is 0.816. The predicted molar refractivity (Wildman–Crippen MR) is 72.2 cm³/mol. The van der Waals surface area contributed by atoms with E-state index in [4.69, 9.17) is 9.47 Å². The monoisotopic (exact) mass is 250 g/mol. The van der Waals surface area contributed by atoms with Crippen LogP contribution in [0.3, 0.4) is 0 Å². The molecular weight excluding hydrogens is 228 g/mol. The second-order valence-corrected chi connectivity index (χ2v) is 4.53. The number of morpholine rings is 1. The van der Waals surface area contributed by atoms with Gasteiger partial charge in [0.2, 0.25) is 0 Å². The van der Waals surface area contributed by atoms with Crippen LogP contribution in [0.15, 0.2) is 24.3 Å². The first-order valence-electron chi connectivity index (χ1n) is 6.53. The Morgan fingerprint density at radius 2 is 2.44 bits per heavy atom. The van der Waals surface area contributed by atoms with Gasteiger partial charge < -0.3 is 20.1 Å². The first-order chi connectivity index (χ1) is 8.88. The van der Waals surface area contributed by atoms with Gasteiger partial charge in [0.25, 0.3) is 0 Å². The highest BCUT2D eigenvalue weighted by Crippen LogP contribution is 2.12. The lowest BCUT2D eigenvalue weighted by Gasteiger charge is -2.24. The van der Waals surface area contributed by atoms with Gasteiger partial charge in [-0.2, -0.15) is 0 Å². The average Bonchev–Trinajstić information content (AvgIpc) is 2.45. The summed E-state index contributed by atoms with van der Waals surface area (Å²) in [5.41, 5.74) is 1.30. The fraction of sp³-hybridized carbons (Fsp3) is 0.571. The number of nitrogens with one attached hydrogen (secondary N) is 2. The summed E-state index contributed by atoms with van der Waals surface area (Å²) in [5, 5.41) is 6.89. The second kappa shape index (κ2) is 7.36. The minimum atomic E-state index is 0.448. The van der Waals surface area contributed by atoms with Gasteiger partial charge in [-0.1, -0.05) is 12.1 Å². The molecule has 4 heteroatoms. The Labute approximate surface area is 109 Å². The van der Waals surface area contributed by atoms with E-state index in [0.717, 1.165) is 45.0 Å². The maximum Gasteiger partial charge on any atom is 0.119 e. The molecule has 0 spiro atoms. The van der Waals surface area contributed by atoms with Crippen molar-refractivity contribution in [1.82, 2.24) is 10.6 Å². The van der Waals surface area contributed by atoms with Crippen molar-refractivity contribution in [2.75, 3.05) is 40.0 Å². The molecular formula is C14H22N2O2. The Morgan fingerprint density at radius 3 is 3.22 bits per heavy atom. The minimum absolute atomic E-state index is 0.448. The summed E-state index contributed by atoms with van der Waals surface area (Å²) in [7, 11) is 1.70. The number of hydrogen-bond donors (Lipinski definition) is 2. The van der Waals surface area contributed by atoms with Crippen LogP contribution in [0.2, 0.25) is 0 Å². The Kier molecular flexibility index (Phi) is 5.45. The van der Waals surface area contributed by atoms with E-state index >= 15 is 0 Å². The van der Waals surface area contributed by atoms with Gasteiger partial charge in [0.1, 0.15) is 5.75 Å². The summed E-state index contributed by atoms with van der Waals surface area (Å²) in [6.45, 7) is 4.55. The van der Waals surface area contributed by atoms with E-state index in [-0.39, 0.29) is 0 Å². The van der Waals surface area contributed by atoms with Crippen molar-refractivity contribution in [2.45, 2.75) is 12.5 Å². The topological polar surface area (TPSA) is 42.5 Å². The summed E-state index contributed by atoms with van der Waals surface area (Å²) in [5.74, 6) is 0.926. The molecule has 0 amide bonds. The molecule has 0 saturated carbocycles. The van der Waals surface area contributed by atoms with Crippen LogP contribution in [-0.2, 0) is 11.2 Å². The lowest BCUT2D eigenvalue weighted by atomic mass is 10.1. The highest BCUT2D eigenvalue weighted by molar-refractivity contribution is 5.28. The van der Waals surface area contributed by atoms with E-state index in [1.807, 2.05) is 12.1 Å². The molecule has 2 N–H and O–H groups in total. The SMILES string of the molecule is COc1cccc(CCNCC2COCCN2)c1. The van der Waals surface area contributed by atoms with Crippen LogP contribution in [0.4, 0.5) is 0 Å². The summed E-state index contributed by atoms with van der Waals surface area (Å²) in [6.07, 6.45) is 1.02.